The molecule has 1 aliphatic carbocycles. The lowest BCUT2D eigenvalue weighted by Crippen LogP contribution is -2.32. The summed E-state index contributed by atoms with van der Waals surface area (Å²) in [6, 6.07) is 2.57. The highest BCUT2D eigenvalue weighted by molar-refractivity contribution is 5.22. The van der Waals surface area contributed by atoms with Gasteiger partial charge in [-0.15, -0.1) is 0 Å². The van der Waals surface area contributed by atoms with Crippen molar-refractivity contribution in [2.24, 2.45) is 5.92 Å². The van der Waals surface area contributed by atoms with Crippen LogP contribution in [0.4, 0.5) is 0 Å². The lowest BCUT2D eigenvalue weighted by atomic mass is 9.69. The first-order valence-electron chi connectivity index (χ1n) is 9.96. The third-order valence-corrected chi connectivity index (χ3v) is 5.59. The van der Waals surface area contributed by atoms with Crippen molar-refractivity contribution in [1.82, 2.24) is 9.97 Å². The third kappa shape index (κ3) is 5.03. The van der Waals surface area contributed by atoms with E-state index in [2.05, 4.69) is 29.9 Å². The SMILES string of the molecule is CCCCCc1cnc(C2(C#N)CCC(CCCCC)CC2)nc1. The molecule has 3 heteroatoms. The van der Waals surface area contributed by atoms with E-state index in [4.69, 9.17) is 0 Å². The molecule has 1 aromatic rings. The highest BCUT2D eigenvalue weighted by Crippen LogP contribution is 2.41. The topological polar surface area (TPSA) is 49.6 Å². The lowest BCUT2D eigenvalue weighted by Gasteiger charge is -2.33. The van der Waals surface area contributed by atoms with Crippen molar-refractivity contribution in [3.8, 4) is 6.07 Å². The van der Waals surface area contributed by atoms with Crippen LogP contribution < -0.4 is 0 Å². The first kappa shape index (κ1) is 18.9. The van der Waals surface area contributed by atoms with Crippen LogP contribution in [0, 0.1) is 17.2 Å². The molecular weight excluding hydrogens is 294 g/mol. The van der Waals surface area contributed by atoms with E-state index in [1.807, 2.05) is 12.4 Å². The molecule has 1 fully saturated rings. The highest BCUT2D eigenvalue weighted by atomic mass is 14.9. The van der Waals surface area contributed by atoms with E-state index in [-0.39, 0.29) is 0 Å². The van der Waals surface area contributed by atoms with Crippen molar-refractivity contribution in [3.63, 3.8) is 0 Å². The fourth-order valence-electron chi connectivity index (χ4n) is 3.84. The molecule has 2 rings (SSSR count). The number of nitrogens with zero attached hydrogens (tertiary/aromatic N) is 3. The second-order valence-electron chi connectivity index (χ2n) is 7.51. The predicted molar refractivity (Wildman–Crippen MR) is 98.7 cm³/mol. The zero-order chi connectivity index (χ0) is 17.3. The zero-order valence-electron chi connectivity index (χ0n) is 15.6. The van der Waals surface area contributed by atoms with E-state index in [9.17, 15) is 5.26 Å². The summed E-state index contributed by atoms with van der Waals surface area (Å²) in [5, 5.41) is 9.81. The first-order valence-corrected chi connectivity index (χ1v) is 9.96. The third-order valence-electron chi connectivity index (χ3n) is 5.59. The van der Waals surface area contributed by atoms with E-state index >= 15 is 0 Å². The van der Waals surface area contributed by atoms with Crippen molar-refractivity contribution in [3.05, 3.63) is 23.8 Å². The zero-order valence-corrected chi connectivity index (χ0v) is 15.6. The smallest absolute Gasteiger partial charge is 0.148 e. The van der Waals surface area contributed by atoms with Gasteiger partial charge in [0.1, 0.15) is 11.2 Å². The molecule has 0 atom stereocenters. The van der Waals surface area contributed by atoms with Gasteiger partial charge in [0.05, 0.1) is 6.07 Å². The van der Waals surface area contributed by atoms with Gasteiger partial charge in [-0.3, -0.25) is 0 Å². The Kier molecular flexibility index (Phi) is 7.69. The van der Waals surface area contributed by atoms with Gasteiger partial charge >= 0.3 is 0 Å². The Bertz CT molecular complexity index is 507. The van der Waals surface area contributed by atoms with E-state index in [1.165, 1.54) is 50.5 Å². The van der Waals surface area contributed by atoms with Crippen LogP contribution in [0.3, 0.4) is 0 Å². The van der Waals surface area contributed by atoms with Crippen molar-refractivity contribution < 1.29 is 0 Å². The average molecular weight is 328 g/mol. The highest BCUT2D eigenvalue weighted by Gasteiger charge is 2.39. The molecule has 0 amide bonds. The maximum atomic E-state index is 9.81. The summed E-state index contributed by atoms with van der Waals surface area (Å²) in [6.45, 7) is 4.47. The Hall–Kier alpha value is -1.43. The van der Waals surface area contributed by atoms with Crippen molar-refractivity contribution in [1.29, 1.82) is 5.26 Å². The second kappa shape index (κ2) is 9.77. The number of unbranched alkanes of at least 4 members (excludes halogenated alkanes) is 4. The molecule has 0 unspecified atom stereocenters. The quantitative estimate of drug-likeness (QED) is 0.543. The fraction of sp³-hybridized carbons (Fsp3) is 0.762. The summed E-state index contributed by atoms with van der Waals surface area (Å²) in [7, 11) is 0. The van der Waals surface area contributed by atoms with E-state index in [0.29, 0.717) is 0 Å². The molecule has 0 bridgehead atoms. The molecule has 24 heavy (non-hydrogen) atoms. The lowest BCUT2D eigenvalue weighted by molar-refractivity contribution is 0.254. The molecule has 0 aliphatic heterocycles. The summed E-state index contributed by atoms with van der Waals surface area (Å²) in [6.07, 6.45) is 18.1. The maximum absolute atomic E-state index is 9.81. The molecule has 1 aromatic heterocycles. The second-order valence-corrected chi connectivity index (χ2v) is 7.51. The standard InChI is InChI=1S/C21H33N3/c1-3-5-7-9-18-11-13-21(17-22,14-12-18)20-23-15-19(16-24-20)10-8-6-4-2/h15-16,18H,3-14H2,1-2H3. The Morgan fingerprint density at radius 2 is 1.67 bits per heavy atom. The van der Waals surface area contributed by atoms with E-state index in [1.54, 1.807) is 0 Å². The summed E-state index contributed by atoms with van der Waals surface area (Å²) < 4.78 is 0. The summed E-state index contributed by atoms with van der Waals surface area (Å²) >= 11 is 0. The average Bonchev–Trinajstić information content (AvgIpc) is 2.63. The van der Waals surface area contributed by atoms with Crippen LogP contribution in [0.2, 0.25) is 0 Å². The Labute approximate surface area is 147 Å². The Morgan fingerprint density at radius 1 is 1.04 bits per heavy atom. The summed E-state index contributed by atoms with van der Waals surface area (Å²) in [4.78, 5) is 9.18. The summed E-state index contributed by atoms with van der Waals surface area (Å²) in [5.41, 5.74) is 0.761. The largest absolute Gasteiger partial charge is 0.239 e. The molecule has 0 aromatic carbocycles. The minimum Gasteiger partial charge on any atom is -0.239 e. The van der Waals surface area contributed by atoms with Gasteiger partial charge in [0.2, 0.25) is 0 Å². The van der Waals surface area contributed by atoms with E-state index in [0.717, 1.165) is 43.8 Å². The number of nitriles is 1. The molecular formula is C21H33N3. The number of rotatable bonds is 9. The number of aryl methyl sites for hydroxylation is 1. The molecule has 0 radical (unpaired) electrons. The van der Waals surface area contributed by atoms with Crippen LogP contribution in [-0.4, -0.2) is 9.97 Å². The van der Waals surface area contributed by atoms with Crippen molar-refractivity contribution in [2.45, 2.75) is 96.3 Å². The molecule has 1 heterocycles. The molecule has 1 aliphatic rings. The fourth-order valence-corrected chi connectivity index (χ4v) is 3.84. The number of hydrogen-bond donors (Lipinski definition) is 0. The van der Waals surface area contributed by atoms with Crippen LogP contribution in [0.5, 0.6) is 0 Å². The van der Waals surface area contributed by atoms with Crippen molar-refractivity contribution >= 4 is 0 Å². The van der Waals surface area contributed by atoms with Crippen LogP contribution in [0.15, 0.2) is 12.4 Å². The van der Waals surface area contributed by atoms with Gasteiger partial charge in [-0.2, -0.15) is 5.26 Å². The molecule has 0 saturated heterocycles. The molecule has 0 N–H and O–H groups in total. The van der Waals surface area contributed by atoms with Crippen LogP contribution in [-0.2, 0) is 11.8 Å². The maximum Gasteiger partial charge on any atom is 0.148 e. The Balaban J connectivity index is 1.92. The minimum atomic E-state index is -0.441. The van der Waals surface area contributed by atoms with Crippen LogP contribution in [0.1, 0.15) is 95.9 Å². The summed E-state index contributed by atoms with van der Waals surface area (Å²) in [5.74, 6) is 1.56. The molecule has 1 saturated carbocycles. The minimum absolute atomic E-state index is 0.441. The van der Waals surface area contributed by atoms with E-state index < -0.39 is 5.41 Å². The van der Waals surface area contributed by atoms with Crippen molar-refractivity contribution in [2.75, 3.05) is 0 Å². The number of hydrogen-bond acceptors (Lipinski definition) is 3. The van der Waals surface area contributed by atoms with Gasteiger partial charge < -0.3 is 0 Å². The Morgan fingerprint density at radius 3 is 2.25 bits per heavy atom. The molecule has 3 nitrogen and oxygen atoms in total. The molecule has 0 spiro atoms. The monoisotopic (exact) mass is 327 g/mol. The van der Waals surface area contributed by atoms with Gasteiger partial charge in [-0.25, -0.2) is 9.97 Å². The number of aromatic nitrogens is 2. The van der Waals surface area contributed by atoms with Crippen LogP contribution >= 0.6 is 0 Å². The van der Waals surface area contributed by atoms with Gasteiger partial charge in [0.25, 0.3) is 0 Å². The predicted octanol–water partition coefficient (Wildman–Crippen LogP) is 5.74. The van der Waals surface area contributed by atoms with Crippen LogP contribution in [0.25, 0.3) is 0 Å². The normalized spacial score (nSPS) is 23.8. The van der Waals surface area contributed by atoms with Gasteiger partial charge in [-0.05, 0) is 50.0 Å². The van der Waals surface area contributed by atoms with Gasteiger partial charge in [0, 0.05) is 12.4 Å². The van der Waals surface area contributed by atoms with Gasteiger partial charge in [-0.1, -0.05) is 52.4 Å². The molecule has 132 valence electrons. The first-order chi connectivity index (χ1) is 11.7. The van der Waals surface area contributed by atoms with Gasteiger partial charge in [0.15, 0.2) is 0 Å².